The van der Waals surface area contributed by atoms with E-state index >= 15 is 0 Å². The van der Waals surface area contributed by atoms with Gasteiger partial charge in [-0.2, -0.15) is 0 Å². The van der Waals surface area contributed by atoms with Crippen LogP contribution < -0.4 is 11.5 Å². The molecule has 0 unspecified atom stereocenters. The normalized spacial score (nSPS) is 10.7. The van der Waals surface area contributed by atoms with E-state index in [1.807, 2.05) is 24.3 Å². The van der Waals surface area contributed by atoms with Crippen molar-refractivity contribution in [1.29, 1.82) is 0 Å². The Balaban J connectivity index is 2.68. The molecule has 78 valence electrons. The number of carbonyl (C=O) groups is 1. The van der Waals surface area contributed by atoms with E-state index in [1.54, 1.807) is 0 Å². The van der Waals surface area contributed by atoms with Crippen LogP contribution in [-0.2, 0) is 6.42 Å². The Morgan fingerprint density at radius 3 is 2.73 bits per heavy atom. The van der Waals surface area contributed by atoms with Crippen LogP contribution in [0.15, 0.2) is 24.3 Å². The number of aromatic nitrogens is 1. The maximum Gasteiger partial charge on any atom is 0.265 e. The van der Waals surface area contributed by atoms with Crippen molar-refractivity contribution < 1.29 is 4.79 Å². The first-order chi connectivity index (χ1) is 7.24. The van der Waals surface area contributed by atoms with Crippen molar-refractivity contribution in [2.75, 3.05) is 6.54 Å². The predicted molar refractivity (Wildman–Crippen MR) is 59.6 cm³/mol. The van der Waals surface area contributed by atoms with Crippen LogP contribution in [0.5, 0.6) is 0 Å². The van der Waals surface area contributed by atoms with Crippen molar-refractivity contribution in [3.63, 3.8) is 0 Å². The van der Waals surface area contributed by atoms with Crippen LogP contribution in [-0.4, -0.2) is 17.4 Å². The Morgan fingerprint density at radius 1 is 1.33 bits per heavy atom. The van der Waals surface area contributed by atoms with Gasteiger partial charge in [-0.05, 0) is 24.6 Å². The minimum Gasteiger partial charge on any atom is -0.364 e. The van der Waals surface area contributed by atoms with E-state index in [-0.39, 0.29) is 0 Å². The number of amides is 1. The van der Waals surface area contributed by atoms with Gasteiger partial charge in [0, 0.05) is 10.9 Å². The first-order valence-corrected chi connectivity index (χ1v) is 4.83. The molecular weight excluding hydrogens is 190 g/mol. The molecule has 0 aliphatic rings. The van der Waals surface area contributed by atoms with E-state index in [0.717, 1.165) is 16.5 Å². The summed E-state index contributed by atoms with van der Waals surface area (Å²) in [5.41, 5.74) is 13.1. The molecule has 15 heavy (non-hydrogen) atoms. The molecule has 1 heterocycles. The third-order valence-electron chi connectivity index (χ3n) is 2.45. The van der Waals surface area contributed by atoms with Gasteiger partial charge in [-0.3, -0.25) is 4.79 Å². The monoisotopic (exact) mass is 203 g/mol. The number of para-hydroxylation sites is 1. The highest BCUT2D eigenvalue weighted by molar-refractivity contribution is 6.00. The number of hydrogen-bond donors (Lipinski definition) is 3. The number of carbonyl (C=O) groups excluding carboxylic acids is 1. The molecule has 0 aliphatic heterocycles. The average molecular weight is 203 g/mol. The van der Waals surface area contributed by atoms with Gasteiger partial charge < -0.3 is 16.5 Å². The van der Waals surface area contributed by atoms with E-state index in [4.69, 9.17) is 11.5 Å². The maximum absolute atomic E-state index is 11.2. The molecule has 2 aromatic rings. The van der Waals surface area contributed by atoms with E-state index < -0.39 is 5.91 Å². The highest BCUT2D eigenvalue weighted by Gasteiger charge is 2.13. The van der Waals surface area contributed by atoms with Crippen molar-refractivity contribution in [2.24, 2.45) is 11.5 Å². The van der Waals surface area contributed by atoms with Crippen molar-refractivity contribution in [2.45, 2.75) is 6.42 Å². The SMILES string of the molecule is NCCc1c(C(N)=O)[nH]c2ccccc12. The number of benzene rings is 1. The fraction of sp³-hybridized carbons (Fsp3) is 0.182. The molecule has 0 aliphatic carbocycles. The average Bonchev–Trinajstić information content (AvgIpc) is 2.58. The molecule has 5 N–H and O–H groups in total. The number of H-pyrrole nitrogens is 1. The Morgan fingerprint density at radius 2 is 2.07 bits per heavy atom. The summed E-state index contributed by atoms with van der Waals surface area (Å²) >= 11 is 0. The quantitative estimate of drug-likeness (QED) is 0.688. The second kappa shape index (κ2) is 3.74. The highest BCUT2D eigenvalue weighted by atomic mass is 16.1. The van der Waals surface area contributed by atoms with Crippen LogP contribution >= 0.6 is 0 Å². The highest BCUT2D eigenvalue weighted by Crippen LogP contribution is 2.22. The van der Waals surface area contributed by atoms with Gasteiger partial charge in [-0.15, -0.1) is 0 Å². The van der Waals surface area contributed by atoms with Gasteiger partial charge in [0.15, 0.2) is 0 Å². The Hall–Kier alpha value is -1.81. The Bertz CT molecular complexity index is 502. The molecule has 0 bridgehead atoms. The zero-order chi connectivity index (χ0) is 10.8. The largest absolute Gasteiger partial charge is 0.364 e. The molecule has 0 saturated carbocycles. The lowest BCUT2D eigenvalue weighted by Crippen LogP contribution is -2.15. The van der Waals surface area contributed by atoms with Gasteiger partial charge in [0.2, 0.25) is 0 Å². The molecule has 1 amide bonds. The van der Waals surface area contributed by atoms with Gasteiger partial charge in [0.05, 0.1) is 0 Å². The molecule has 1 aromatic heterocycles. The third kappa shape index (κ3) is 1.59. The van der Waals surface area contributed by atoms with Crippen LogP contribution in [0.1, 0.15) is 16.1 Å². The fourth-order valence-corrected chi connectivity index (χ4v) is 1.81. The summed E-state index contributed by atoms with van der Waals surface area (Å²) in [6.07, 6.45) is 0.655. The van der Waals surface area contributed by atoms with Crippen molar-refractivity contribution in [1.82, 2.24) is 4.98 Å². The van der Waals surface area contributed by atoms with Gasteiger partial charge in [0.25, 0.3) is 5.91 Å². The molecular formula is C11H13N3O. The lowest BCUT2D eigenvalue weighted by atomic mass is 10.1. The number of primary amides is 1. The Kier molecular flexibility index (Phi) is 2.43. The molecule has 0 spiro atoms. The lowest BCUT2D eigenvalue weighted by molar-refractivity contribution is 0.0995. The molecule has 0 fully saturated rings. The second-order valence-corrected chi connectivity index (χ2v) is 3.43. The molecule has 1 aromatic carbocycles. The van der Waals surface area contributed by atoms with E-state index in [1.165, 1.54) is 0 Å². The fourth-order valence-electron chi connectivity index (χ4n) is 1.81. The summed E-state index contributed by atoms with van der Waals surface area (Å²) in [5, 5.41) is 1.02. The lowest BCUT2D eigenvalue weighted by Gasteiger charge is -1.98. The van der Waals surface area contributed by atoms with E-state index in [9.17, 15) is 4.79 Å². The summed E-state index contributed by atoms with van der Waals surface area (Å²) in [6, 6.07) is 7.72. The summed E-state index contributed by atoms with van der Waals surface area (Å²) in [7, 11) is 0. The number of nitrogens with one attached hydrogen (secondary N) is 1. The van der Waals surface area contributed by atoms with Crippen molar-refractivity contribution in [3.8, 4) is 0 Å². The summed E-state index contributed by atoms with van der Waals surface area (Å²) < 4.78 is 0. The van der Waals surface area contributed by atoms with Gasteiger partial charge in [-0.25, -0.2) is 0 Å². The standard InChI is InChI=1S/C11H13N3O/c12-6-5-8-7-3-1-2-4-9(7)14-10(8)11(13)15/h1-4,14H,5-6,12H2,(H2,13,15). The summed E-state index contributed by atoms with van der Waals surface area (Å²) in [6.45, 7) is 0.502. The maximum atomic E-state index is 11.2. The van der Waals surface area contributed by atoms with Crippen LogP contribution in [0.25, 0.3) is 10.9 Å². The third-order valence-corrected chi connectivity index (χ3v) is 2.45. The smallest absolute Gasteiger partial charge is 0.265 e. The number of aromatic amines is 1. The first kappa shape index (κ1) is 9.73. The van der Waals surface area contributed by atoms with Gasteiger partial charge >= 0.3 is 0 Å². The number of fused-ring (bicyclic) bond motifs is 1. The molecule has 0 radical (unpaired) electrons. The minimum atomic E-state index is -0.436. The molecule has 4 heteroatoms. The molecule has 0 saturated heterocycles. The van der Waals surface area contributed by atoms with Crippen molar-refractivity contribution >= 4 is 16.8 Å². The topological polar surface area (TPSA) is 84.9 Å². The van der Waals surface area contributed by atoms with Crippen LogP contribution in [0.4, 0.5) is 0 Å². The number of hydrogen-bond acceptors (Lipinski definition) is 2. The Labute approximate surface area is 87.3 Å². The van der Waals surface area contributed by atoms with E-state index in [2.05, 4.69) is 4.98 Å². The number of nitrogens with two attached hydrogens (primary N) is 2. The molecule has 0 atom stereocenters. The molecule has 2 rings (SSSR count). The molecule has 4 nitrogen and oxygen atoms in total. The number of rotatable bonds is 3. The van der Waals surface area contributed by atoms with Gasteiger partial charge in [-0.1, -0.05) is 18.2 Å². The zero-order valence-electron chi connectivity index (χ0n) is 8.29. The second-order valence-electron chi connectivity index (χ2n) is 3.43. The van der Waals surface area contributed by atoms with Crippen molar-refractivity contribution in [3.05, 3.63) is 35.5 Å². The van der Waals surface area contributed by atoms with Gasteiger partial charge in [0.1, 0.15) is 5.69 Å². The van der Waals surface area contributed by atoms with Crippen LogP contribution in [0.3, 0.4) is 0 Å². The summed E-state index contributed by atoms with van der Waals surface area (Å²) in [5.74, 6) is -0.436. The zero-order valence-corrected chi connectivity index (χ0v) is 8.29. The van der Waals surface area contributed by atoms with E-state index in [0.29, 0.717) is 18.7 Å². The van der Waals surface area contributed by atoms with Crippen LogP contribution in [0.2, 0.25) is 0 Å². The minimum absolute atomic E-state index is 0.436. The predicted octanol–water partition coefficient (Wildman–Crippen LogP) is 0.768. The summed E-state index contributed by atoms with van der Waals surface area (Å²) in [4.78, 5) is 14.2. The first-order valence-electron chi connectivity index (χ1n) is 4.83. The van der Waals surface area contributed by atoms with Crippen LogP contribution in [0, 0.1) is 0 Å².